The molecule has 0 radical (unpaired) electrons. The van der Waals surface area contributed by atoms with Gasteiger partial charge in [0, 0.05) is 11.1 Å². The summed E-state index contributed by atoms with van der Waals surface area (Å²) in [5.74, 6) is 1.81. The fourth-order valence-electron chi connectivity index (χ4n) is 2.07. The lowest BCUT2D eigenvalue weighted by Crippen LogP contribution is -1.89. The van der Waals surface area contributed by atoms with Crippen LogP contribution in [-0.2, 0) is 6.42 Å². The summed E-state index contributed by atoms with van der Waals surface area (Å²) in [7, 11) is 0. The average molecular weight is 277 g/mol. The number of rotatable bonds is 3. The molecule has 0 saturated heterocycles. The van der Waals surface area contributed by atoms with E-state index in [4.69, 9.17) is 16.0 Å². The summed E-state index contributed by atoms with van der Waals surface area (Å²) in [5, 5.41) is 3.13. The summed E-state index contributed by atoms with van der Waals surface area (Å²) < 4.78 is 7.00. The normalized spacial score (nSPS) is 13.0. The third-order valence-electron chi connectivity index (χ3n) is 3.06. The van der Waals surface area contributed by atoms with E-state index in [-0.39, 0.29) is 5.38 Å². The first kappa shape index (κ1) is 11.8. The van der Waals surface area contributed by atoms with Gasteiger partial charge in [-0.2, -0.15) is 0 Å². The van der Waals surface area contributed by atoms with Gasteiger partial charge in [-0.15, -0.1) is 22.9 Å². The van der Waals surface area contributed by atoms with Crippen molar-refractivity contribution < 1.29 is 4.42 Å². The highest BCUT2D eigenvalue weighted by Crippen LogP contribution is 2.37. The molecule has 3 aromatic rings. The van der Waals surface area contributed by atoms with Gasteiger partial charge in [-0.25, -0.2) is 0 Å². The van der Waals surface area contributed by atoms with Gasteiger partial charge in [0.15, 0.2) is 0 Å². The van der Waals surface area contributed by atoms with Gasteiger partial charge in [-0.05, 0) is 34.5 Å². The molecule has 92 valence electrons. The summed E-state index contributed by atoms with van der Waals surface area (Å²) in [4.78, 5) is 0. The zero-order valence-corrected chi connectivity index (χ0v) is 11.6. The van der Waals surface area contributed by atoms with Crippen molar-refractivity contribution in [3.8, 4) is 0 Å². The van der Waals surface area contributed by atoms with E-state index in [1.54, 1.807) is 11.3 Å². The molecule has 0 spiro atoms. The van der Waals surface area contributed by atoms with Crippen molar-refractivity contribution in [3.05, 3.63) is 58.9 Å². The number of aryl methyl sites for hydroxylation is 1. The second kappa shape index (κ2) is 4.79. The fraction of sp³-hybridized carbons (Fsp3) is 0.200. The summed E-state index contributed by atoms with van der Waals surface area (Å²) in [6, 6.07) is 12.3. The molecule has 0 N–H and O–H groups in total. The largest absolute Gasteiger partial charge is 0.464 e. The van der Waals surface area contributed by atoms with E-state index >= 15 is 0 Å². The van der Waals surface area contributed by atoms with Crippen molar-refractivity contribution in [1.29, 1.82) is 0 Å². The van der Waals surface area contributed by atoms with Crippen LogP contribution >= 0.6 is 22.9 Å². The van der Waals surface area contributed by atoms with Crippen molar-refractivity contribution >= 4 is 33.0 Å². The number of benzene rings is 1. The Kier molecular flexibility index (Phi) is 3.14. The summed E-state index contributed by atoms with van der Waals surface area (Å²) in [6.07, 6.45) is 0.897. The second-order valence-corrected chi connectivity index (χ2v) is 5.56. The van der Waals surface area contributed by atoms with Crippen LogP contribution in [0.2, 0.25) is 0 Å². The van der Waals surface area contributed by atoms with Gasteiger partial charge < -0.3 is 4.42 Å². The molecule has 3 rings (SSSR count). The smallest absolute Gasteiger partial charge is 0.126 e. The molecule has 1 unspecified atom stereocenters. The van der Waals surface area contributed by atoms with E-state index in [0.717, 1.165) is 23.5 Å². The van der Waals surface area contributed by atoms with Crippen LogP contribution in [-0.4, -0.2) is 0 Å². The van der Waals surface area contributed by atoms with Crippen LogP contribution in [0.3, 0.4) is 0 Å². The molecule has 0 fully saturated rings. The molecule has 0 aliphatic carbocycles. The van der Waals surface area contributed by atoms with Crippen LogP contribution in [0.25, 0.3) is 10.1 Å². The number of furan rings is 1. The Labute approximate surface area is 115 Å². The summed E-state index contributed by atoms with van der Waals surface area (Å²) >= 11 is 8.26. The molecule has 0 amide bonds. The summed E-state index contributed by atoms with van der Waals surface area (Å²) in [5.41, 5.74) is 1.13. The highest BCUT2D eigenvalue weighted by molar-refractivity contribution is 7.17. The van der Waals surface area contributed by atoms with Crippen LogP contribution in [0.15, 0.2) is 46.2 Å². The molecule has 1 atom stereocenters. The van der Waals surface area contributed by atoms with Crippen molar-refractivity contribution in [1.82, 2.24) is 0 Å². The molecular formula is C15H13ClOS. The number of thiophene rings is 1. The van der Waals surface area contributed by atoms with Crippen molar-refractivity contribution in [2.45, 2.75) is 18.7 Å². The first-order chi connectivity index (χ1) is 8.79. The van der Waals surface area contributed by atoms with Gasteiger partial charge in [0.1, 0.15) is 16.9 Å². The van der Waals surface area contributed by atoms with Gasteiger partial charge in [-0.3, -0.25) is 0 Å². The molecule has 0 bridgehead atoms. The van der Waals surface area contributed by atoms with Gasteiger partial charge in [-0.1, -0.05) is 25.1 Å². The highest BCUT2D eigenvalue weighted by Gasteiger charge is 2.18. The van der Waals surface area contributed by atoms with Crippen LogP contribution in [0, 0.1) is 0 Å². The predicted molar refractivity (Wildman–Crippen MR) is 77.6 cm³/mol. The molecule has 0 aliphatic rings. The minimum atomic E-state index is -0.207. The van der Waals surface area contributed by atoms with E-state index in [0.29, 0.717) is 0 Å². The predicted octanol–water partition coefficient (Wildman–Crippen LogP) is 5.38. The fourth-order valence-corrected chi connectivity index (χ4v) is 3.43. The molecule has 3 heteroatoms. The molecule has 2 heterocycles. The Bertz CT molecular complexity index is 668. The van der Waals surface area contributed by atoms with E-state index in [1.807, 2.05) is 24.3 Å². The number of halogens is 1. The zero-order valence-electron chi connectivity index (χ0n) is 10.0. The van der Waals surface area contributed by atoms with E-state index < -0.39 is 0 Å². The molecule has 18 heavy (non-hydrogen) atoms. The quantitative estimate of drug-likeness (QED) is 0.585. The van der Waals surface area contributed by atoms with Gasteiger partial charge in [0.2, 0.25) is 0 Å². The highest BCUT2D eigenvalue weighted by atomic mass is 35.5. The molecule has 0 saturated carbocycles. The van der Waals surface area contributed by atoms with Gasteiger partial charge in [0.25, 0.3) is 0 Å². The first-order valence-electron chi connectivity index (χ1n) is 5.98. The van der Waals surface area contributed by atoms with E-state index in [1.165, 1.54) is 10.1 Å². The topological polar surface area (TPSA) is 13.1 Å². The van der Waals surface area contributed by atoms with Crippen LogP contribution in [0.5, 0.6) is 0 Å². The van der Waals surface area contributed by atoms with E-state index in [9.17, 15) is 0 Å². The Morgan fingerprint density at radius 1 is 1.22 bits per heavy atom. The molecule has 1 nitrogen and oxygen atoms in total. The zero-order chi connectivity index (χ0) is 12.5. The maximum absolute atomic E-state index is 6.54. The monoisotopic (exact) mass is 276 g/mol. The van der Waals surface area contributed by atoms with E-state index in [2.05, 4.69) is 24.4 Å². The third-order valence-corrected chi connectivity index (χ3v) is 4.50. The number of fused-ring (bicyclic) bond motifs is 1. The van der Waals surface area contributed by atoms with Crippen LogP contribution in [0.4, 0.5) is 0 Å². The minimum Gasteiger partial charge on any atom is -0.464 e. The average Bonchev–Trinajstić information content (AvgIpc) is 3.04. The Morgan fingerprint density at radius 2 is 2.06 bits per heavy atom. The lowest BCUT2D eigenvalue weighted by Gasteiger charge is -2.05. The van der Waals surface area contributed by atoms with Crippen molar-refractivity contribution in [2.75, 3.05) is 0 Å². The molecule has 1 aromatic carbocycles. The van der Waals surface area contributed by atoms with Crippen LogP contribution in [0.1, 0.15) is 29.4 Å². The van der Waals surface area contributed by atoms with Gasteiger partial charge >= 0.3 is 0 Å². The Morgan fingerprint density at radius 3 is 2.83 bits per heavy atom. The van der Waals surface area contributed by atoms with Crippen molar-refractivity contribution in [2.24, 2.45) is 0 Å². The minimum absolute atomic E-state index is 0.207. The Balaban J connectivity index is 2.03. The lowest BCUT2D eigenvalue weighted by atomic mass is 10.1. The maximum atomic E-state index is 6.54. The summed E-state index contributed by atoms with van der Waals surface area (Å²) in [6.45, 7) is 2.08. The molecular weight excluding hydrogens is 264 g/mol. The van der Waals surface area contributed by atoms with Crippen LogP contribution < -0.4 is 0 Å². The first-order valence-corrected chi connectivity index (χ1v) is 7.30. The molecule has 0 aliphatic heterocycles. The molecule has 2 aromatic heterocycles. The third kappa shape index (κ3) is 1.96. The number of hydrogen-bond donors (Lipinski definition) is 0. The maximum Gasteiger partial charge on any atom is 0.126 e. The second-order valence-electron chi connectivity index (χ2n) is 4.21. The van der Waals surface area contributed by atoms with Gasteiger partial charge in [0.05, 0.1) is 0 Å². The SMILES string of the molecule is CCc1ccc(C(Cl)c2csc3ccccc23)o1. The number of alkyl halides is 1. The standard InChI is InChI=1S/C15H13ClOS/c1-2-10-7-8-13(17-10)15(16)12-9-18-14-6-4-3-5-11(12)14/h3-9,15H,2H2,1H3. The Hall–Kier alpha value is -1.25. The van der Waals surface area contributed by atoms with Crippen molar-refractivity contribution in [3.63, 3.8) is 0 Å². The lowest BCUT2D eigenvalue weighted by molar-refractivity contribution is 0.475. The number of hydrogen-bond acceptors (Lipinski definition) is 2.